The summed E-state index contributed by atoms with van der Waals surface area (Å²) in [5.74, 6) is 1.85. The van der Waals surface area contributed by atoms with E-state index in [-0.39, 0.29) is 10.5 Å². The van der Waals surface area contributed by atoms with Crippen LogP contribution in [0.15, 0.2) is 6.20 Å². The standard InChI is InChI=1S/C13H18N2OS/c1-13(2,3)17-8-12-14-7-9-10(15-12)5-4-6-11(9)16/h7H,4-6,8H2,1-3H3. The van der Waals surface area contributed by atoms with Crippen molar-refractivity contribution in [2.24, 2.45) is 0 Å². The van der Waals surface area contributed by atoms with Gasteiger partial charge in [0.15, 0.2) is 5.78 Å². The molecular formula is C13H18N2OS. The van der Waals surface area contributed by atoms with Gasteiger partial charge in [0, 0.05) is 17.4 Å². The predicted molar refractivity (Wildman–Crippen MR) is 70.3 cm³/mol. The molecule has 92 valence electrons. The van der Waals surface area contributed by atoms with Crippen LogP contribution in [0, 0.1) is 0 Å². The van der Waals surface area contributed by atoms with Crippen LogP contribution < -0.4 is 0 Å². The van der Waals surface area contributed by atoms with Gasteiger partial charge in [-0.15, -0.1) is 11.8 Å². The topological polar surface area (TPSA) is 42.9 Å². The normalized spacial score (nSPS) is 15.8. The van der Waals surface area contributed by atoms with Gasteiger partial charge in [0.25, 0.3) is 0 Å². The minimum Gasteiger partial charge on any atom is -0.294 e. The summed E-state index contributed by atoms with van der Waals surface area (Å²) in [4.78, 5) is 20.4. The highest BCUT2D eigenvalue weighted by molar-refractivity contribution is 7.99. The van der Waals surface area contributed by atoms with E-state index in [2.05, 4.69) is 30.7 Å². The third-order valence-electron chi connectivity index (χ3n) is 2.67. The van der Waals surface area contributed by atoms with Crippen molar-refractivity contribution in [1.82, 2.24) is 9.97 Å². The Kier molecular flexibility index (Phi) is 3.52. The third kappa shape index (κ3) is 3.28. The fourth-order valence-corrected chi connectivity index (χ4v) is 2.48. The van der Waals surface area contributed by atoms with Crippen LogP contribution in [0.4, 0.5) is 0 Å². The average molecular weight is 250 g/mol. The van der Waals surface area contributed by atoms with Gasteiger partial charge >= 0.3 is 0 Å². The number of ketones is 1. The molecule has 2 rings (SSSR count). The van der Waals surface area contributed by atoms with E-state index in [4.69, 9.17) is 0 Å². The van der Waals surface area contributed by atoms with E-state index in [0.29, 0.717) is 6.42 Å². The second-order valence-electron chi connectivity index (χ2n) is 5.32. The Morgan fingerprint density at radius 3 is 2.82 bits per heavy atom. The zero-order valence-corrected chi connectivity index (χ0v) is 11.4. The van der Waals surface area contributed by atoms with Gasteiger partial charge in [0.05, 0.1) is 17.0 Å². The predicted octanol–water partition coefficient (Wildman–Crippen LogP) is 3.03. The first kappa shape index (κ1) is 12.6. The Labute approximate surface area is 106 Å². The summed E-state index contributed by atoms with van der Waals surface area (Å²) in [5.41, 5.74) is 1.68. The van der Waals surface area contributed by atoms with E-state index >= 15 is 0 Å². The van der Waals surface area contributed by atoms with E-state index < -0.39 is 0 Å². The first-order chi connectivity index (χ1) is 7.96. The number of Topliss-reactive ketones (excluding diaryl/α,β-unsaturated/α-hetero) is 1. The Bertz CT molecular complexity index is 438. The molecule has 3 nitrogen and oxygen atoms in total. The fourth-order valence-electron chi connectivity index (χ4n) is 1.78. The lowest BCUT2D eigenvalue weighted by Gasteiger charge is -2.18. The summed E-state index contributed by atoms with van der Waals surface area (Å²) < 4.78 is 0.217. The van der Waals surface area contributed by atoms with Crippen molar-refractivity contribution in [3.63, 3.8) is 0 Å². The number of rotatable bonds is 2. The Balaban J connectivity index is 2.14. The van der Waals surface area contributed by atoms with Crippen molar-refractivity contribution in [1.29, 1.82) is 0 Å². The molecule has 0 amide bonds. The number of hydrogen-bond donors (Lipinski definition) is 0. The molecule has 0 fully saturated rings. The van der Waals surface area contributed by atoms with Crippen molar-refractivity contribution in [2.75, 3.05) is 0 Å². The maximum atomic E-state index is 11.6. The number of fused-ring (bicyclic) bond motifs is 1. The highest BCUT2D eigenvalue weighted by Crippen LogP contribution is 2.26. The molecule has 0 unspecified atom stereocenters. The summed E-state index contributed by atoms with van der Waals surface area (Å²) in [7, 11) is 0. The first-order valence-corrected chi connectivity index (χ1v) is 6.96. The largest absolute Gasteiger partial charge is 0.294 e. The molecule has 1 aromatic heterocycles. The minimum atomic E-state index is 0.196. The van der Waals surface area contributed by atoms with E-state index in [0.717, 1.165) is 35.7 Å². The average Bonchev–Trinajstić information content (AvgIpc) is 2.26. The smallest absolute Gasteiger partial charge is 0.166 e. The van der Waals surface area contributed by atoms with Gasteiger partial charge in [-0.25, -0.2) is 9.97 Å². The SMILES string of the molecule is CC(C)(C)SCc1ncc2c(n1)CCCC2=O. The molecule has 0 atom stereocenters. The van der Waals surface area contributed by atoms with Crippen LogP contribution in [0.1, 0.15) is 55.5 Å². The fraction of sp³-hybridized carbons (Fsp3) is 0.615. The molecule has 0 aromatic carbocycles. The lowest BCUT2D eigenvalue weighted by atomic mass is 9.96. The van der Waals surface area contributed by atoms with Crippen molar-refractivity contribution in [3.05, 3.63) is 23.3 Å². The molecule has 4 heteroatoms. The Hall–Kier alpha value is -0.900. The minimum absolute atomic E-state index is 0.196. The van der Waals surface area contributed by atoms with Crippen molar-refractivity contribution >= 4 is 17.5 Å². The van der Waals surface area contributed by atoms with E-state index in [9.17, 15) is 4.79 Å². The summed E-state index contributed by atoms with van der Waals surface area (Å²) in [5, 5.41) is 0. The van der Waals surface area contributed by atoms with Gasteiger partial charge in [-0.1, -0.05) is 20.8 Å². The molecular weight excluding hydrogens is 232 g/mol. The van der Waals surface area contributed by atoms with Gasteiger partial charge in [0.1, 0.15) is 5.82 Å². The third-order valence-corrected chi connectivity index (χ3v) is 3.94. The Morgan fingerprint density at radius 2 is 2.12 bits per heavy atom. The summed E-state index contributed by atoms with van der Waals surface area (Å²) in [6.45, 7) is 6.54. The van der Waals surface area contributed by atoms with Crippen LogP contribution >= 0.6 is 11.8 Å². The number of thioether (sulfide) groups is 1. The highest BCUT2D eigenvalue weighted by Gasteiger charge is 2.20. The monoisotopic (exact) mass is 250 g/mol. The molecule has 0 spiro atoms. The number of aromatic nitrogens is 2. The lowest BCUT2D eigenvalue weighted by molar-refractivity contribution is 0.0971. The number of nitrogens with zero attached hydrogens (tertiary/aromatic N) is 2. The molecule has 1 heterocycles. The van der Waals surface area contributed by atoms with E-state index in [1.54, 1.807) is 6.20 Å². The maximum Gasteiger partial charge on any atom is 0.166 e. The van der Waals surface area contributed by atoms with Crippen LogP contribution in [0.25, 0.3) is 0 Å². The zero-order valence-electron chi connectivity index (χ0n) is 10.6. The molecule has 0 saturated carbocycles. The number of aryl methyl sites for hydroxylation is 1. The maximum absolute atomic E-state index is 11.6. The number of carbonyl (C=O) groups is 1. The van der Waals surface area contributed by atoms with Crippen LogP contribution in [-0.4, -0.2) is 20.5 Å². The van der Waals surface area contributed by atoms with Crippen LogP contribution in [0.3, 0.4) is 0 Å². The summed E-state index contributed by atoms with van der Waals surface area (Å²) >= 11 is 1.83. The molecule has 0 bridgehead atoms. The van der Waals surface area contributed by atoms with Crippen molar-refractivity contribution < 1.29 is 4.79 Å². The molecule has 0 N–H and O–H groups in total. The quantitative estimate of drug-likeness (QED) is 0.809. The van der Waals surface area contributed by atoms with E-state index in [1.807, 2.05) is 11.8 Å². The molecule has 17 heavy (non-hydrogen) atoms. The van der Waals surface area contributed by atoms with Gasteiger partial charge < -0.3 is 0 Å². The molecule has 0 saturated heterocycles. The van der Waals surface area contributed by atoms with Gasteiger partial charge in [-0.05, 0) is 12.8 Å². The lowest BCUT2D eigenvalue weighted by Crippen LogP contribution is -2.15. The van der Waals surface area contributed by atoms with Crippen LogP contribution in [0.5, 0.6) is 0 Å². The van der Waals surface area contributed by atoms with Gasteiger partial charge in [0.2, 0.25) is 0 Å². The summed E-state index contributed by atoms with van der Waals surface area (Å²) in [6, 6.07) is 0. The van der Waals surface area contributed by atoms with Crippen LogP contribution in [0.2, 0.25) is 0 Å². The second-order valence-corrected chi connectivity index (χ2v) is 7.13. The zero-order chi connectivity index (χ0) is 12.5. The molecule has 0 aliphatic heterocycles. The molecule has 0 radical (unpaired) electrons. The molecule has 1 aliphatic rings. The highest BCUT2D eigenvalue weighted by atomic mass is 32.2. The second kappa shape index (κ2) is 4.77. The number of hydrogen-bond acceptors (Lipinski definition) is 4. The van der Waals surface area contributed by atoms with Crippen molar-refractivity contribution in [3.8, 4) is 0 Å². The molecule has 1 aliphatic carbocycles. The van der Waals surface area contributed by atoms with Crippen molar-refractivity contribution in [2.45, 2.75) is 50.5 Å². The first-order valence-electron chi connectivity index (χ1n) is 5.98. The molecule has 1 aromatic rings. The van der Waals surface area contributed by atoms with Gasteiger partial charge in [-0.2, -0.15) is 0 Å². The van der Waals surface area contributed by atoms with Gasteiger partial charge in [-0.3, -0.25) is 4.79 Å². The summed E-state index contributed by atoms with van der Waals surface area (Å²) in [6.07, 6.45) is 4.19. The number of carbonyl (C=O) groups excluding carboxylic acids is 1. The van der Waals surface area contributed by atoms with Crippen LogP contribution in [-0.2, 0) is 12.2 Å². The Morgan fingerprint density at radius 1 is 1.35 bits per heavy atom. The van der Waals surface area contributed by atoms with E-state index in [1.165, 1.54) is 0 Å².